The van der Waals surface area contributed by atoms with Gasteiger partial charge in [-0.05, 0) is 42.2 Å². The standard InChI is InChI=1S/C30H33BrN2O6/c1-3-5-16-38-29(37)23-24-27(35)33(14-8-15-34)26(30(24)18-22(31)25(23)39-30)28(36)32(13-4-2)21-12-11-19-9-6-7-10-20(19)17-21/h3-4,6-7,9-12,17,22-26,34H,1-2,5,8,13-16,18H2/t22?,23-,24-,25-,26?,30?/m0/s1. The Morgan fingerprint density at radius 3 is 2.69 bits per heavy atom. The fraction of sp³-hybridized carbons (Fsp3) is 0.433. The SMILES string of the molecule is C=CCCOC(=O)[C@H]1[C@H]2C(=O)N(CCCO)C(C(=O)N(CC=C)c3ccc4ccccc4c3)C23CC(Br)[C@@H]1O3. The molecule has 0 saturated carbocycles. The zero-order valence-corrected chi connectivity index (χ0v) is 23.3. The Morgan fingerprint density at radius 2 is 1.97 bits per heavy atom. The molecule has 5 rings (SSSR count). The largest absolute Gasteiger partial charge is 0.465 e. The molecule has 39 heavy (non-hydrogen) atoms. The smallest absolute Gasteiger partial charge is 0.312 e. The third kappa shape index (κ3) is 4.60. The van der Waals surface area contributed by atoms with Crippen LogP contribution in [0.3, 0.4) is 0 Å². The summed E-state index contributed by atoms with van der Waals surface area (Å²) in [5.41, 5.74) is -0.516. The fourth-order valence-corrected chi connectivity index (χ4v) is 7.39. The molecule has 1 spiro atoms. The predicted molar refractivity (Wildman–Crippen MR) is 151 cm³/mol. The molecule has 3 fully saturated rings. The highest BCUT2D eigenvalue weighted by Crippen LogP contribution is 2.60. The van der Waals surface area contributed by atoms with Crippen LogP contribution in [0.25, 0.3) is 10.8 Å². The predicted octanol–water partition coefficient (Wildman–Crippen LogP) is 3.61. The van der Waals surface area contributed by atoms with E-state index in [1.165, 1.54) is 4.90 Å². The zero-order valence-electron chi connectivity index (χ0n) is 21.7. The first-order valence-electron chi connectivity index (χ1n) is 13.3. The van der Waals surface area contributed by atoms with Crippen molar-refractivity contribution in [2.45, 2.75) is 41.8 Å². The molecule has 2 bridgehead atoms. The minimum Gasteiger partial charge on any atom is -0.465 e. The summed E-state index contributed by atoms with van der Waals surface area (Å²) in [6.07, 6.45) is 3.92. The molecule has 3 saturated heterocycles. The quantitative estimate of drug-likeness (QED) is 0.184. The molecule has 0 aromatic heterocycles. The van der Waals surface area contributed by atoms with Crippen LogP contribution in [-0.2, 0) is 23.9 Å². The first-order chi connectivity index (χ1) is 18.9. The van der Waals surface area contributed by atoms with E-state index in [0.29, 0.717) is 24.9 Å². The van der Waals surface area contributed by atoms with Crippen molar-refractivity contribution in [1.29, 1.82) is 0 Å². The van der Waals surface area contributed by atoms with Gasteiger partial charge in [-0.2, -0.15) is 0 Å². The van der Waals surface area contributed by atoms with Gasteiger partial charge < -0.3 is 24.4 Å². The fourth-order valence-electron chi connectivity index (χ4n) is 6.44. The number of hydrogen-bond acceptors (Lipinski definition) is 6. The Hall–Kier alpha value is -3.01. The van der Waals surface area contributed by atoms with Gasteiger partial charge >= 0.3 is 5.97 Å². The Balaban J connectivity index is 1.55. The van der Waals surface area contributed by atoms with Crippen LogP contribution >= 0.6 is 15.9 Å². The van der Waals surface area contributed by atoms with E-state index in [1.807, 2.05) is 42.5 Å². The van der Waals surface area contributed by atoms with Crippen molar-refractivity contribution in [2.24, 2.45) is 11.8 Å². The molecule has 9 heteroatoms. The van der Waals surface area contributed by atoms with E-state index in [2.05, 4.69) is 29.1 Å². The van der Waals surface area contributed by atoms with Crippen molar-refractivity contribution in [2.75, 3.05) is 31.2 Å². The van der Waals surface area contributed by atoms with Crippen LogP contribution in [0.15, 0.2) is 67.8 Å². The molecule has 206 valence electrons. The number of ether oxygens (including phenoxy) is 2. The molecule has 0 aliphatic carbocycles. The molecule has 8 nitrogen and oxygen atoms in total. The van der Waals surface area contributed by atoms with E-state index in [0.717, 1.165) is 10.8 Å². The highest BCUT2D eigenvalue weighted by molar-refractivity contribution is 9.09. The Labute approximate surface area is 236 Å². The lowest BCUT2D eigenvalue weighted by molar-refractivity contribution is -0.154. The monoisotopic (exact) mass is 596 g/mol. The average molecular weight is 598 g/mol. The minimum absolute atomic E-state index is 0.138. The van der Waals surface area contributed by atoms with E-state index in [1.54, 1.807) is 17.1 Å². The van der Waals surface area contributed by atoms with Crippen LogP contribution < -0.4 is 4.90 Å². The van der Waals surface area contributed by atoms with Gasteiger partial charge in [0.1, 0.15) is 11.6 Å². The zero-order chi connectivity index (χ0) is 27.7. The molecule has 6 atom stereocenters. The van der Waals surface area contributed by atoms with Crippen LogP contribution in [0.1, 0.15) is 19.3 Å². The van der Waals surface area contributed by atoms with Gasteiger partial charge in [0.05, 0.1) is 24.5 Å². The summed E-state index contributed by atoms with van der Waals surface area (Å²) in [5, 5.41) is 11.6. The van der Waals surface area contributed by atoms with Crippen LogP contribution in [-0.4, -0.2) is 76.7 Å². The normalized spacial score (nSPS) is 28.9. The summed E-state index contributed by atoms with van der Waals surface area (Å²) in [6.45, 7) is 7.94. The number of alkyl halides is 1. The molecule has 2 aromatic carbocycles. The molecule has 2 amide bonds. The molecule has 3 heterocycles. The highest BCUT2D eigenvalue weighted by Gasteiger charge is 2.77. The molecule has 1 N–H and O–H groups in total. The van der Waals surface area contributed by atoms with Crippen molar-refractivity contribution in [3.8, 4) is 0 Å². The van der Waals surface area contributed by atoms with Gasteiger partial charge in [0, 0.05) is 30.2 Å². The summed E-state index contributed by atoms with van der Waals surface area (Å²) in [7, 11) is 0. The number of esters is 1. The number of benzene rings is 2. The van der Waals surface area contributed by atoms with Gasteiger partial charge in [-0.3, -0.25) is 14.4 Å². The number of amides is 2. The first-order valence-corrected chi connectivity index (χ1v) is 14.2. The lowest BCUT2D eigenvalue weighted by Gasteiger charge is -2.37. The summed E-state index contributed by atoms with van der Waals surface area (Å²) in [4.78, 5) is 44.6. The van der Waals surface area contributed by atoms with E-state index in [4.69, 9.17) is 9.47 Å². The maximum absolute atomic E-state index is 14.5. The third-order valence-electron chi connectivity index (χ3n) is 8.04. The maximum atomic E-state index is 14.5. The topological polar surface area (TPSA) is 96.4 Å². The number of hydrogen-bond donors (Lipinski definition) is 1. The summed E-state index contributed by atoms with van der Waals surface area (Å²) in [5.74, 6) is -2.80. The minimum atomic E-state index is -1.19. The Bertz CT molecular complexity index is 1300. The molecule has 0 radical (unpaired) electrons. The summed E-state index contributed by atoms with van der Waals surface area (Å²) < 4.78 is 12.0. The second-order valence-corrected chi connectivity index (χ2v) is 11.5. The number of likely N-dealkylation sites (tertiary alicyclic amines) is 1. The number of halogens is 1. The van der Waals surface area contributed by atoms with Crippen molar-refractivity contribution in [3.05, 3.63) is 67.8 Å². The summed E-state index contributed by atoms with van der Waals surface area (Å²) >= 11 is 3.67. The van der Waals surface area contributed by atoms with Crippen molar-refractivity contribution >= 4 is 50.2 Å². The van der Waals surface area contributed by atoms with Gasteiger partial charge in [0.2, 0.25) is 5.91 Å². The van der Waals surface area contributed by atoms with Crippen molar-refractivity contribution < 1.29 is 29.0 Å². The number of rotatable bonds is 11. The molecule has 3 aliphatic rings. The second kappa shape index (κ2) is 11.2. The average Bonchev–Trinajstić information content (AvgIpc) is 3.53. The van der Waals surface area contributed by atoms with Crippen LogP contribution in [0.2, 0.25) is 0 Å². The summed E-state index contributed by atoms with van der Waals surface area (Å²) in [6, 6.07) is 12.7. The lowest BCUT2D eigenvalue weighted by Crippen LogP contribution is -2.57. The van der Waals surface area contributed by atoms with E-state index in [-0.39, 0.29) is 42.9 Å². The number of aliphatic hydroxyl groups excluding tert-OH is 1. The molecular weight excluding hydrogens is 564 g/mol. The lowest BCUT2D eigenvalue weighted by atomic mass is 9.70. The highest BCUT2D eigenvalue weighted by atomic mass is 79.9. The van der Waals surface area contributed by atoms with Gasteiger partial charge in [-0.25, -0.2) is 0 Å². The van der Waals surface area contributed by atoms with Gasteiger partial charge in [0.25, 0.3) is 5.91 Å². The molecular formula is C30H33BrN2O6. The Kier molecular flexibility index (Phi) is 7.94. The number of carbonyl (C=O) groups excluding carboxylic acids is 3. The number of carbonyl (C=O) groups is 3. The number of nitrogens with zero attached hydrogens (tertiary/aromatic N) is 2. The molecule has 2 aromatic rings. The van der Waals surface area contributed by atoms with Crippen LogP contribution in [0.4, 0.5) is 5.69 Å². The number of fused-ring (bicyclic) bond motifs is 2. The van der Waals surface area contributed by atoms with E-state index in [9.17, 15) is 19.5 Å². The number of anilines is 1. The van der Waals surface area contributed by atoms with Gasteiger partial charge in [-0.15, -0.1) is 13.2 Å². The first kappa shape index (κ1) is 27.6. The van der Waals surface area contributed by atoms with Crippen molar-refractivity contribution in [1.82, 2.24) is 4.90 Å². The third-order valence-corrected chi connectivity index (χ3v) is 8.89. The van der Waals surface area contributed by atoms with Gasteiger partial charge in [0.15, 0.2) is 0 Å². The van der Waals surface area contributed by atoms with Crippen molar-refractivity contribution in [3.63, 3.8) is 0 Å². The maximum Gasteiger partial charge on any atom is 0.312 e. The second-order valence-electron chi connectivity index (χ2n) is 10.3. The van der Waals surface area contributed by atoms with Gasteiger partial charge in [-0.1, -0.05) is 58.4 Å². The van der Waals surface area contributed by atoms with E-state index >= 15 is 0 Å². The van der Waals surface area contributed by atoms with Crippen LogP contribution in [0.5, 0.6) is 0 Å². The Morgan fingerprint density at radius 1 is 1.21 bits per heavy atom. The van der Waals surface area contributed by atoms with E-state index < -0.39 is 35.6 Å². The molecule has 3 aliphatic heterocycles. The number of aliphatic hydroxyl groups is 1. The molecule has 3 unspecified atom stereocenters. The van der Waals surface area contributed by atoms with Crippen LogP contribution in [0, 0.1) is 11.8 Å².